The van der Waals surface area contributed by atoms with E-state index in [0.717, 1.165) is 9.99 Å². The van der Waals surface area contributed by atoms with Crippen molar-refractivity contribution < 1.29 is 0 Å². The van der Waals surface area contributed by atoms with Gasteiger partial charge in [0, 0.05) is 16.7 Å². The summed E-state index contributed by atoms with van der Waals surface area (Å²) in [4.78, 5) is 11.4. The van der Waals surface area contributed by atoms with Crippen LogP contribution in [0.25, 0.3) is 5.52 Å². The standard InChI is InChI=1S/C9H7BrN2O/c10-6-1-3-8-7(11)2-4-9(13)12(8)5-6/h1-5H,11H2. The lowest BCUT2D eigenvalue weighted by atomic mass is 10.3. The van der Waals surface area contributed by atoms with Crippen LogP contribution in [-0.4, -0.2) is 4.40 Å². The largest absolute Gasteiger partial charge is 0.397 e. The number of nitrogen functional groups attached to an aromatic ring is 1. The highest BCUT2D eigenvalue weighted by Gasteiger charge is 1.99. The molecular weight excluding hydrogens is 232 g/mol. The molecule has 0 saturated carbocycles. The molecule has 0 spiro atoms. The first-order chi connectivity index (χ1) is 6.18. The molecule has 0 fully saturated rings. The number of hydrogen-bond donors (Lipinski definition) is 1. The number of halogens is 1. The zero-order chi connectivity index (χ0) is 9.42. The third kappa shape index (κ3) is 1.33. The van der Waals surface area contributed by atoms with Gasteiger partial charge in [0.1, 0.15) is 0 Å². The van der Waals surface area contributed by atoms with Gasteiger partial charge in [0.05, 0.1) is 11.2 Å². The molecule has 0 atom stereocenters. The Bertz CT molecular complexity index is 518. The van der Waals surface area contributed by atoms with Gasteiger partial charge in [-0.25, -0.2) is 0 Å². The van der Waals surface area contributed by atoms with Crippen LogP contribution >= 0.6 is 15.9 Å². The van der Waals surface area contributed by atoms with Crippen molar-refractivity contribution in [1.82, 2.24) is 4.40 Å². The molecule has 0 aliphatic rings. The molecule has 66 valence electrons. The zero-order valence-corrected chi connectivity index (χ0v) is 8.28. The molecule has 2 N–H and O–H groups in total. The van der Waals surface area contributed by atoms with Gasteiger partial charge in [0.25, 0.3) is 5.56 Å². The van der Waals surface area contributed by atoms with Crippen molar-refractivity contribution in [3.05, 3.63) is 45.3 Å². The van der Waals surface area contributed by atoms with Crippen LogP contribution < -0.4 is 11.3 Å². The Kier molecular flexibility index (Phi) is 1.84. The summed E-state index contributed by atoms with van der Waals surface area (Å²) in [5, 5.41) is 0. The fourth-order valence-corrected chi connectivity index (χ4v) is 1.56. The van der Waals surface area contributed by atoms with Crippen LogP contribution in [0.15, 0.2) is 39.7 Å². The summed E-state index contributed by atoms with van der Waals surface area (Å²) in [6.07, 6.45) is 1.70. The Morgan fingerprint density at radius 2 is 2.00 bits per heavy atom. The summed E-state index contributed by atoms with van der Waals surface area (Å²) < 4.78 is 2.37. The minimum atomic E-state index is -0.0782. The second kappa shape index (κ2) is 2.88. The molecule has 0 aromatic carbocycles. The topological polar surface area (TPSA) is 47.5 Å². The lowest BCUT2D eigenvalue weighted by Crippen LogP contribution is -2.12. The van der Waals surface area contributed by atoms with E-state index in [1.54, 1.807) is 18.3 Å². The van der Waals surface area contributed by atoms with Crippen molar-refractivity contribution in [2.24, 2.45) is 0 Å². The van der Waals surface area contributed by atoms with E-state index < -0.39 is 0 Å². The van der Waals surface area contributed by atoms with E-state index in [9.17, 15) is 4.79 Å². The van der Waals surface area contributed by atoms with E-state index in [0.29, 0.717) is 5.69 Å². The first-order valence-corrected chi connectivity index (χ1v) is 4.54. The van der Waals surface area contributed by atoms with Crippen LogP contribution in [0.5, 0.6) is 0 Å². The number of nitrogens with zero attached hydrogens (tertiary/aromatic N) is 1. The van der Waals surface area contributed by atoms with Gasteiger partial charge in [-0.1, -0.05) is 0 Å². The van der Waals surface area contributed by atoms with Crippen LogP contribution in [0.1, 0.15) is 0 Å². The number of anilines is 1. The predicted octanol–water partition coefficient (Wildman–Crippen LogP) is 1.64. The first kappa shape index (κ1) is 8.31. The number of nitrogens with two attached hydrogens (primary N) is 1. The number of aromatic nitrogens is 1. The molecule has 2 aromatic heterocycles. The number of hydrogen-bond acceptors (Lipinski definition) is 2. The molecule has 4 heteroatoms. The molecule has 0 radical (unpaired) electrons. The van der Waals surface area contributed by atoms with Crippen LogP contribution in [0.4, 0.5) is 5.69 Å². The van der Waals surface area contributed by atoms with E-state index in [-0.39, 0.29) is 5.56 Å². The van der Waals surface area contributed by atoms with Crippen LogP contribution in [0.2, 0.25) is 0 Å². The molecule has 3 nitrogen and oxygen atoms in total. The molecular formula is C9H7BrN2O. The molecule has 2 aromatic rings. The maximum Gasteiger partial charge on any atom is 0.255 e. The Labute approximate surface area is 82.9 Å². The van der Waals surface area contributed by atoms with E-state index in [1.807, 2.05) is 6.07 Å². The van der Waals surface area contributed by atoms with Crippen molar-refractivity contribution >= 4 is 27.1 Å². The van der Waals surface area contributed by atoms with Gasteiger partial charge < -0.3 is 5.73 Å². The average molecular weight is 239 g/mol. The number of rotatable bonds is 0. The smallest absolute Gasteiger partial charge is 0.255 e. The van der Waals surface area contributed by atoms with Gasteiger partial charge in [0.2, 0.25) is 0 Å². The molecule has 13 heavy (non-hydrogen) atoms. The van der Waals surface area contributed by atoms with Crippen LogP contribution in [0.3, 0.4) is 0 Å². The highest BCUT2D eigenvalue weighted by atomic mass is 79.9. The van der Waals surface area contributed by atoms with Crippen molar-refractivity contribution in [2.45, 2.75) is 0 Å². The molecule has 0 bridgehead atoms. The van der Waals surface area contributed by atoms with Gasteiger partial charge in [-0.2, -0.15) is 0 Å². The highest BCUT2D eigenvalue weighted by Crippen LogP contribution is 2.14. The molecule has 0 unspecified atom stereocenters. The molecule has 0 aliphatic carbocycles. The Morgan fingerprint density at radius 1 is 1.23 bits per heavy atom. The fraction of sp³-hybridized carbons (Fsp3) is 0. The van der Waals surface area contributed by atoms with Crippen LogP contribution in [-0.2, 0) is 0 Å². The summed E-state index contributed by atoms with van der Waals surface area (Å²) in [6.45, 7) is 0. The lowest BCUT2D eigenvalue weighted by molar-refractivity contribution is 1.09. The fourth-order valence-electron chi connectivity index (χ4n) is 1.22. The minimum Gasteiger partial charge on any atom is -0.397 e. The van der Waals surface area contributed by atoms with Gasteiger partial charge in [-0.15, -0.1) is 0 Å². The summed E-state index contributed by atoms with van der Waals surface area (Å²) in [5.74, 6) is 0. The maximum absolute atomic E-state index is 11.4. The van der Waals surface area contributed by atoms with E-state index in [4.69, 9.17) is 5.73 Å². The predicted molar refractivity (Wildman–Crippen MR) is 55.8 cm³/mol. The third-order valence-electron chi connectivity index (χ3n) is 1.85. The molecule has 0 saturated heterocycles. The third-order valence-corrected chi connectivity index (χ3v) is 2.32. The minimum absolute atomic E-state index is 0.0782. The van der Waals surface area contributed by atoms with Crippen molar-refractivity contribution in [2.75, 3.05) is 5.73 Å². The van der Waals surface area contributed by atoms with E-state index >= 15 is 0 Å². The summed E-state index contributed by atoms with van der Waals surface area (Å²) in [5.41, 5.74) is 6.96. The van der Waals surface area contributed by atoms with E-state index in [2.05, 4.69) is 15.9 Å². The molecule has 2 heterocycles. The Balaban J connectivity index is 3.01. The molecule has 0 amide bonds. The Morgan fingerprint density at radius 3 is 2.77 bits per heavy atom. The average Bonchev–Trinajstić information content (AvgIpc) is 2.12. The van der Waals surface area contributed by atoms with Crippen molar-refractivity contribution in [3.8, 4) is 0 Å². The number of pyridine rings is 2. The quantitative estimate of drug-likeness (QED) is 0.759. The van der Waals surface area contributed by atoms with Gasteiger partial charge in [-0.3, -0.25) is 9.20 Å². The van der Waals surface area contributed by atoms with Gasteiger partial charge >= 0.3 is 0 Å². The Hall–Kier alpha value is -1.29. The normalized spacial score (nSPS) is 10.5. The monoisotopic (exact) mass is 238 g/mol. The molecule has 2 rings (SSSR count). The summed E-state index contributed by atoms with van der Waals surface area (Å²) in [7, 11) is 0. The summed E-state index contributed by atoms with van der Waals surface area (Å²) in [6, 6.07) is 6.73. The van der Waals surface area contributed by atoms with Gasteiger partial charge in [-0.05, 0) is 34.1 Å². The van der Waals surface area contributed by atoms with Crippen molar-refractivity contribution in [1.29, 1.82) is 0 Å². The highest BCUT2D eigenvalue weighted by molar-refractivity contribution is 9.10. The zero-order valence-electron chi connectivity index (χ0n) is 6.70. The lowest BCUT2D eigenvalue weighted by Gasteiger charge is -2.02. The van der Waals surface area contributed by atoms with E-state index in [1.165, 1.54) is 10.5 Å². The summed E-state index contributed by atoms with van der Waals surface area (Å²) >= 11 is 3.29. The molecule has 0 aliphatic heterocycles. The second-order valence-electron chi connectivity index (χ2n) is 2.73. The second-order valence-corrected chi connectivity index (χ2v) is 3.65. The van der Waals surface area contributed by atoms with Crippen molar-refractivity contribution in [3.63, 3.8) is 0 Å². The SMILES string of the molecule is Nc1ccc(=O)n2cc(Br)ccc12. The maximum atomic E-state index is 11.4. The number of fused-ring (bicyclic) bond motifs is 1. The van der Waals surface area contributed by atoms with Crippen LogP contribution in [0, 0.1) is 0 Å². The first-order valence-electron chi connectivity index (χ1n) is 3.75. The van der Waals surface area contributed by atoms with Gasteiger partial charge in [0.15, 0.2) is 0 Å².